The predicted molar refractivity (Wildman–Crippen MR) is 239 cm³/mol. The lowest BCUT2D eigenvalue weighted by Crippen LogP contribution is -2.48. The first-order valence-electron chi connectivity index (χ1n) is 20.6. The Bertz CT molecular complexity index is 3130. The van der Waals surface area contributed by atoms with E-state index in [4.69, 9.17) is 26.7 Å². The first-order valence-corrected chi connectivity index (χ1v) is 21.0. The molecule has 2 bridgehead atoms. The van der Waals surface area contributed by atoms with Crippen molar-refractivity contribution >= 4 is 52.2 Å². The Labute approximate surface area is 378 Å². The summed E-state index contributed by atoms with van der Waals surface area (Å²) < 4.78 is 54.3. The first-order chi connectivity index (χ1) is 31.8. The van der Waals surface area contributed by atoms with E-state index in [1.54, 1.807) is 88.6 Å². The molecule has 6 heterocycles. The minimum atomic E-state index is -4.51. The summed E-state index contributed by atoms with van der Waals surface area (Å²) in [6, 6.07) is 29.1. The van der Waals surface area contributed by atoms with E-state index in [0.717, 1.165) is 17.8 Å². The summed E-state index contributed by atoms with van der Waals surface area (Å²) in [5, 5.41) is 38.4. The topological polar surface area (TPSA) is 179 Å². The molecule has 7 aromatic rings. The molecule has 5 N–H and O–H groups in total. The lowest BCUT2D eigenvalue weighted by atomic mass is 9.77. The smallest absolute Gasteiger partial charge is 0.416 e. The number of nitrogens with one attached hydrogen (secondary N) is 3. The summed E-state index contributed by atoms with van der Waals surface area (Å²) in [5.74, 6) is 0.255. The highest BCUT2D eigenvalue weighted by molar-refractivity contribution is 7.80. The number of carbonyl (C=O) groups is 2. The van der Waals surface area contributed by atoms with Gasteiger partial charge in [-0.05, 0) is 97.5 Å². The van der Waals surface area contributed by atoms with Gasteiger partial charge in [-0.15, -0.1) is 5.10 Å². The van der Waals surface area contributed by atoms with Gasteiger partial charge in [0.2, 0.25) is 0 Å². The van der Waals surface area contributed by atoms with Crippen molar-refractivity contribution in [1.82, 2.24) is 25.3 Å². The van der Waals surface area contributed by atoms with Gasteiger partial charge in [0.15, 0.2) is 16.5 Å². The maximum atomic E-state index is 14.0. The highest BCUT2D eigenvalue weighted by atomic mass is 32.1. The molecular formula is C47H34F3N9O6S. The molecular weight excluding hydrogens is 876 g/mol. The van der Waals surface area contributed by atoms with Gasteiger partial charge in [-0.2, -0.15) is 13.2 Å². The third-order valence-electron chi connectivity index (χ3n) is 12.0. The van der Waals surface area contributed by atoms with Crippen LogP contribution in [0.5, 0.6) is 23.0 Å². The maximum Gasteiger partial charge on any atom is 0.416 e. The van der Waals surface area contributed by atoms with Crippen LogP contribution in [0, 0.1) is 0 Å². The summed E-state index contributed by atoms with van der Waals surface area (Å²) in [5.41, 5.74) is 3.14. The van der Waals surface area contributed by atoms with Crippen LogP contribution in [0.25, 0.3) is 16.9 Å². The van der Waals surface area contributed by atoms with Crippen LogP contribution in [-0.4, -0.2) is 66.4 Å². The third-order valence-corrected chi connectivity index (χ3v) is 12.3. The molecule has 0 saturated carbocycles. The Morgan fingerprint density at radius 2 is 1.61 bits per heavy atom. The molecule has 1 unspecified atom stereocenters. The fourth-order valence-electron chi connectivity index (χ4n) is 9.03. The molecule has 0 aliphatic carbocycles. The number of phenolic OH excluding ortho intramolecular Hbond substituents is 2. The molecule has 11 rings (SSSR count). The Balaban J connectivity index is 0.766. The van der Waals surface area contributed by atoms with Gasteiger partial charge in [-0.1, -0.05) is 29.5 Å². The second-order valence-corrected chi connectivity index (χ2v) is 16.5. The Morgan fingerprint density at radius 1 is 0.864 bits per heavy atom. The molecule has 1 fully saturated rings. The number of hydrogen-bond donors (Lipinski definition) is 5. The summed E-state index contributed by atoms with van der Waals surface area (Å²) in [7, 11) is 0. The molecule has 5 aromatic carbocycles. The summed E-state index contributed by atoms with van der Waals surface area (Å²) in [6.07, 6.45) is -2.11. The van der Waals surface area contributed by atoms with Crippen molar-refractivity contribution in [2.24, 2.45) is 0 Å². The number of urea groups is 1. The maximum absolute atomic E-state index is 14.0. The minimum absolute atomic E-state index is 0.0420. The van der Waals surface area contributed by atoms with Gasteiger partial charge in [0.1, 0.15) is 28.7 Å². The predicted octanol–water partition coefficient (Wildman–Crippen LogP) is 8.44. The summed E-state index contributed by atoms with van der Waals surface area (Å²) in [6.45, 7) is 1.50. The van der Waals surface area contributed by atoms with E-state index in [2.05, 4.69) is 31.2 Å². The standard InChI is InChI=1S/C47H34F3N9O6S/c48-47(49,50)26-4-1-3-25(17-26)38-13-14-39-42(54-38)59(31-15-16-57(39)24-31)45(63)53-27-5-2-6-30(18-27)58-23-29(55-56-58)22-51-44(66)52-28-7-10-35-34(19-28)43(62)65-46(35)36-11-8-32(60)20-40(36)64-41-21-33(61)9-12-37(41)46/h1-14,17-21,23,31,60-61H,15-16,22,24H2,(H,53,63)(H2,51,52,66). The molecule has 1 atom stereocenters. The number of aromatic nitrogens is 4. The van der Waals surface area contributed by atoms with Crippen LogP contribution in [0.3, 0.4) is 0 Å². The van der Waals surface area contributed by atoms with Crippen LogP contribution in [0.2, 0.25) is 0 Å². The van der Waals surface area contributed by atoms with E-state index in [-0.39, 0.29) is 51.8 Å². The number of aromatic hydroxyl groups is 2. The number of alkyl halides is 3. The van der Waals surface area contributed by atoms with Gasteiger partial charge in [-0.25, -0.2) is 19.3 Å². The number of ether oxygens (including phenoxy) is 2. The molecule has 330 valence electrons. The van der Waals surface area contributed by atoms with Crippen molar-refractivity contribution in [2.75, 3.05) is 33.5 Å². The van der Waals surface area contributed by atoms with Gasteiger partial charge >= 0.3 is 18.2 Å². The number of thiocarbonyl (C=S) groups is 1. The monoisotopic (exact) mass is 909 g/mol. The Kier molecular flexibility index (Phi) is 9.36. The first kappa shape index (κ1) is 40.6. The van der Waals surface area contributed by atoms with Crippen molar-refractivity contribution in [1.29, 1.82) is 0 Å². The van der Waals surface area contributed by atoms with Gasteiger partial charge in [-0.3, -0.25) is 4.90 Å². The lowest BCUT2D eigenvalue weighted by molar-refractivity contribution is -0.137. The number of rotatable bonds is 6. The number of hydrogen-bond acceptors (Lipinski definition) is 11. The highest BCUT2D eigenvalue weighted by Crippen LogP contribution is 2.57. The number of nitrogens with zero attached hydrogens (tertiary/aromatic N) is 6. The molecule has 2 amide bonds. The van der Waals surface area contributed by atoms with Crippen molar-refractivity contribution in [3.63, 3.8) is 0 Å². The number of benzene rings is 5. The van der Waals surface area contributed by atoms with Gasteiger partial charge < -0.3 is 40.5 Å². The van der Waals surface area contributed by atoms with Crippen LogP contribution in [0.4, 0.5) is 40.8 Å². The molecule has 66 heavy (non-hydrogen) atoms. The minimum Gasteiger partial charge on any atom is -0.508 e. The van der Waals surface area contributed by atoms with E-state index < -0.39 is 29.3 Å². The van der Waals surface area contributed by atoms with Crippen LogP contribution in [-0.2, 0) is 23.1 Å². The Hall–Kier alpha value is -8.19. The van der Waals surface area contributed by atoms with E-state index >= 15 is 0 Å². The van der Waals surface area contributed by atoms with Gasteiger partial charge in [0.05, 0.1) is 47.0 Å². The third kappa shape index (κ3) is 6.91. The molecule has 1 spiro atoms. The molecule has 0 radical (unpaired) electrons. The zero-order valence-corrected chi connectivity index (χ0v) is 35.0. The summed E-state index contributed by atoms with van der Waals surface area (Å²) >= 11 is 5.60. The van der Waals surface area contributed by atoms with Gasteiger partial charge in [0, 0.05) is 58.9 Å². The zero-order chi connectivity index (χ0) is 45.5. The Morgan fingerprint density at radius 3 is 2.38 bits per heavy atom. The van der Waals surface area contributed by atoms with Crippen LogP contribution < -0.4 is 30.5 Å². The number of esters is 1. The molecule has 15 nitrogen and oxygen atoms in total. The zero-order valence-electron chi connectivity index (χ0n) is 34.2. The van der Waals surface area contributed by atoms with Crippen molar-refractivity contribution in [2.45, 2.75) is 30.8 Å². The van der Waals surface area contributed by atoms with Crippen molar-refractivity contribution < 1.29 is 42.4 Å². The van der Waals surface area contributed by atoms with Gasteiger partial charge in [0.25, 0.3) is 0 Å². The highest BCUT2D eigenvalue weighted by Gasteiger charge is 2.54. The van der Waals surface area contributed by atoms with E-state index in [9.17, 15) is 33.0 Å². The van der Waals surface area contributed by atoms with E-state index in [1.807, 2.05) is 0 Å². The van der Waals surface area contributed by atoms with E-state index in [1.165, 1.54) is 30.3 Å². The molecule has 1 saturated heterocycles. The number of halogens is 3. The molecule has 2 aromatic heterocycles. The van der Waals surface area contributed by atoms with Crippen molar-refractivity contribution in [3.8, 4) is 39.9 Å². The second kappa shape index (κ2) is 15.2. The fourth-order valence-corrected chi connectivity index (χ4v) is 9.22. The van der Waals surface area contributed by atoms with Crippen LogP contribution >= 0.6 is 12.2 Å². The average Bonchev–Trinajstić information content (AvgIpc) is 4.02. The number of fused-ring (bicyclic) bond motifs is 10. The number of anilines is 4. The van der Waals surface area contributed by atoms with Crippen LogP contribution in [0.1, 0.15) is 44.7 Å². The second-order valence-electron chi connectivity index (χ2n) is 16.1. The average molecular weight is 910 g/mol. The lowest BCUT2D eigenvalue weighted by Gasteiger charge is -2.36. The number of phenols is 2. The SMILES string of the molecule is O=C1OC2(c3ccc(O)cc3Oc3cc(O)ccc32)c2ccc(NC(=S)NCc3cn(-c4cccc(NC(=O)N5c6nc(-c7cccc(C(F)(F)F)c7)ccc6N6CCC5C6)c4)nn3)cc21. The largest absolute Gasteiger partial charge is 0.508 e. The molecule has 19 heteroatoms. The normalized spacial score (nSPS) is 16.1. The van der Waals surface area contributed by atoms with E-state index in [0.29, 0.717) is 70.5 Å². The summed E-state index contributed by atoms with van der Waals surface area (Å²) in [4.78, 5) is 36.1. The number of carbonyl (C=O) groups excluding carboxylic acids is 2. The molecule has 4 aliphatic heterocycles. The van der Waals surface area contributed by atoms with Crippen molar-refractivity contribution in [3.05, 3.63) is 155 Å². The number of pyridine rings is 1. The fraction of sp³-hybridized carbons (Fsp3) is 0.149. The quantitative estimate of drug-likeness (QED) is 0.0794. The van der Waals surface area contributed by atoms with Crippen LogP contribution in [0.15, 0.2) is 121 Å². The molecule has 4 aliphatic rings. The number of amides is 2.